The highest BCUT2D eigenvalue weighted by Crippen LogP contribution is 2.26. The minimum atomic E-state index is -0.706. The molecule has 0 aliphatic carbocycles. The summed E-state index contributed by atoms with van der Waals surface area (Å²) in [5, 5.41) is 11.3. The molecule has 1 fully saturated rings. The van der Waals surface area contributed by atoms with Gasteiger partial charge in [-0.2, -0.15) is 0 Å². The summed E-state index contributed by atoms with van der Waals surface area (Å²) in [7, 11) is 0. The van der Waals surface area contributed by atoms with Gasteiger partial charge in [0.1, 0.15) is 5.82 Å². The van der Waals surface area contributed by atoms with E-state index in [9.17, 15) is 19.3 Å². The first-order valence-electron chi connectivity index (χ1n) is 8.10. The lowest BCUT2D eigenvalue weighted by molar-refractivity contribution is -0.385. The Morgan fingerprint density at radius 3 is 2.69 bits per heavy atom. The number of carbonyl (C=O) groups is 1. The van der Waals surface area contributed by atoms with E-state index in [1.165, 1.54) is 24.3 Å². The molecule has 0 spiro atoms. The van der Waals surface area contributed by atoms with Crippen molar-refractivity contribution in [1.82, 2.24) is 4.90 Å². The van der Waals surface area contributed by atoms with Crippen LogP contribution in [0, 0.1) is 15.9 Å². The van der Waals surface area contributed by atoms with Gasteiger partial charge in [0.05, 0.1) is 17.6 Å². The molecule has 1 atom stereocenters. The Labute approximate surface area is 149 Å². The van der Waals surface area contributed by atoms with E-state index in [1.54, 1.807) is 18.2 Å². The highest BCUT2D eigenvalue weighted by Gasteiger charge is 2.25. The number of nitro groups is 1. The molecule has 1 amide bonds. The maximum atomic E-state index is 13.1. The predicted octanol–water partition coefficient (Wildman–Crippen LogP) is 2.41. The van der Waals surface area contributed by atoms with Gasteiger partial charge in [0, 0.05) is 36.8 Å². The molecule has 0 aromatic heterocycles. The van der Waals surface area contributed by atoms with E-state index < -0.39 is 10.8 Å². The molecule has 3 rings (SSSR count). The summed E-state index contributed by atoms with van der Waals surface area (Å²) in [6.45, 7) is 1.96. The van der Waals surface area contributed by atoms with Gasteiger partial charge in [-0.05, 0) is 23.8 Å². The quantitative estimate of drug-likeness (QED) is 0.653. The molecule has 0 bridgehead atoms. The summed E-state index contributed by atoms with van der Waals surface area (Å²) in [6, 6.07) is 10.4. The van der Waals surface area contributed by atoms with Crippen LogP contribution in [0.3, 0.4) is 0 Å². The number of ether oxygens (including phenoxy) is 1. The fraction of sp³-hybridized carbons (Fsp3) is 0.278. The van der Waals surface area contributed by atoms with Crippen LogP contribution in [0.15, 0.2) is 42.5 Å². The zero-order valence-corrected chi connectivity index (χ0v) is 13.9. The average molecular weight is 359 g/mol. The third kappa shape index (κ3) is 4.04. The Kier molecular flexibility index (Phi) is 5.24. The van der Waals surface area contributed by atoms with E-state index in [2.05, 4.69) is 0 Å². The Balaban J connectivity index is 1.77. The van der Waals surface area contributed by atoms with Crippen molar-refractivity contribution < 1.29 is 18.8 Å². The lowest BCUT2D eigenvalue weighted by Crippen LogP contribution is -2.38. The van der Waals surface area contributed by atoms with Crippen LogP contribution >= 0.6 is 0 Å². The number of nitrogens with zero attached hydrogens (tertiary/aromatic N) is 2. The monoisotopic (exact) mass is 359 g/mol. The maximum Gasteiger partial charge on any atom is 0.274 e. The number of morpholine rings is 1. The topological polar surface area (TPSA) is 98.7 Å². The summed E-state index contributed by atoms with van der Waals surface area (Å²) >= 11 is 0. The zero-order valence-electron chi connectivity index (χ0n) is 13.9. The Bertz CT molecular complexity index is 826. The van der Waals surface area contributed by atoms with E-state index in [4.69, 9.17) is 10.5 Å². The van der Waals surface area contributed by atoms with Crippen molar-refractivity contribution in [3.05, 3.63) is 75.1 Å². The average Bonchev–Trinajstić information content (AvgIpc) is 2.62. The summed E-state index contributed by atoms with van der Waals surface area (Å²) in [6.07, 6.45) is -0.228. The molecule has 0 saturated carbocycles. The van der Waals surface area contributed by atoms with Crippen molar-refractivity contribution >= 4 is 11.6 Å². The van der Waals surface area contributed by atoms with Crippen molar-refractivity contribution in [1.29, 1.82) is 0 Å². The van der Waals surface area contributed by atoms with Crippen molar-refractivity contribution in [2.24, 2.45) is 5.73 Å². The number of hydrogen-bond acceptors (Lipinski definition) is 5. The Hall–Kier alpha value is -2.84. The van der Waals surface area contributed by atoms with Gasteiger partial charge in [0.15, 0.2) is 0 Å². The van der Waals surface area contributed by atoms with Crippen molar-refractivity contribution in [3.63, 3.8) is 0 Å². The van der Waals surface area contributed by atoms with Gasteiger partial charge in [-0.1, -0.05) is 18.2 Å². The summed E-state index contributed by atoms with van der Waals surface area (Å²) in [5.74, 6) is -1.02. The number of rotatable bonds is 5. The van der Waals surface area contributed by atoms with Gasteiger partial charge in [0.25, 0.3) is 5.69 Å². The maximum absolute atomic E-state index is 13.1. The van der Waals surface area contributed by atoms with Gasteiger partial charge in [-0.15, -0.1) is 0 Å². The number of nitrogens with two attached hydrogens (primary N) is 1. The fourth-order valence-corrected chi connectivity index (χ4v) is 2.99. The van der Waals surface area contributed by atoms with Crippen LogP contribution < -0.4 is 5.73 Å². The Morgan fingerprint density at radius 2 is 2.04 bits per heavy atom. The molecule has 136 valence electrons. The summed E-state index contributed by atoms with van der Waals surface area (Å²) in [4.78, 5) is 24.1. The van der Waals surface area contributed by atoms with Crippen LogP contribution in [0.1, 0.15) is 27.6 Å². The van der Waals surface area contributed by atoms with Crippen LogP contribution in [-0.4, -0.2) is 35.4 Å². The molecule has 1 aliphatic rings. The second kappa shape index (κ2) is 7.59. The van der Waals surface area contributed by atoms with Gasteiger partial charge in [-0.25, -0.2) is 4.39 Å². The lowest BCUT2D eigenvalue weighted by atomic mass is 10.1. The molecule has 1 saturated heterocycles. The van der Waals surface area contributed by atoms with E-state index in [1.807, 2.05) is 4.90 Å². The second-order valence-corrected chi connectivity index (χ2v) is 6.11. The lowest BCUT2D eigenvalue weighted by Gasteiger charge is -2.33. The molecule has 1 unspecified atom stereocenters. The van der Waals surface area contributed by atoms with Crippen LogP contribution in [0.25, 0.3) is 0 Å². The van der Waals surface area contributed by atoms with E-state index in [-0.39, 0.29) is 23.2 Å². The molecule has 2 aromatic rings. The van der Waals surface area contributed by atoms with Crippen molar-refractivity contribution in [3.8, 4) is 0 Å². The van der Waals surface area contributed by atoms with E-state index in [0.29, 0.717) is 31.8 Å². The third-order valence-electron chi connectivity index (χ3n) is 4.35. The highest BCUT2D eigenvalue weighted by atomic mass is 19.1. The Morgan fingerprint density at radius 1 is 1.31 bits per heavy atom. The number of primary amides is 1. The van der Waals surface area contributed by atoms with Crippen LogP contribution in [0.5, 0.6) is 0 Å². The predicted molar refractivity (Wildman–Crippen MR) is 92.0 cm³/mol. The van der Waals surface area contributed by atoms with Gasteiger partial charge >= 0.3 is 0 Å². The first kappa shape index (κ1) is 18.0. The zero-order chi connectivity index (χ0) is 18.7. The van der Waals surface area contributed by atoms with Gasteiger partial charge < -0.3 is 10.5 Å². The normalized spacial score (nSPS) is 17.8. The van der Waals surface area contributed by atoms with Crippen molar-refractivity contribution in [2.75, 3.05) is 19.7 Å². The number of nitro benzene ring substituents is 1. The molecule has 1 aliphatic heterocycles. The first-order valence-corrected chi connectivity index (χ1v) is 8.10. The minimum Gasteiger partial charge on any atom is -0.371 e. The summed E-state index contributed by atoms with van der Waals surface area (Å²) in [5.41, 5.74) is 6.52. The molecule has 2 N–H and O–H groups in total. The number of benzene rings is 2. The van der Waals surface area contributed by atoms with Crippen LogP contribution in [0.4, 0.5) is 10.1 Å². The minimum absolute atomic E-state index is 0.103. The molecule has 8 heteroatoms. The fourth-order valence-electron chi connectivity index (χ4n) is 2.99. The molecule has 7 nitrogen and oxygen atoms in total. The smallest absolute Gasteiger partial charge is 0.274 e. The van der Waals surface area contributed by atoms with Crippen molar-refractivity contribution in [2.45, 2.75) is 12.6 Å². The molecular formula is C18H18FN3O4. The van der Waals surface area contributed by atoms with Crippen LogP contribution in [-0.2, 0) is 11.3 Å². The summed E-state index contributed by atoms with van der Waals surface area (Å²) < 4.78 is 18.8. The standard InChI is InChI=1S/C18H18FN3O4/c19-15-5-3-12(4-6-15)17-11-21(7-8-26-17)10-14-2-1-13(18(20)23)9-16(14)22(24)25/h1-6,9,17H,7-8,10-11H2,(H2,20,23). The highest BCUT2D eigenvalue weighted by molar-refractivity contribution is 5.93. The van der Waals surface area contributed by atoms with Gasteiger partial charge in [0.2, 0.25) is 5.91 Å². The molecule has 26 heavy (non-hydrogen) atoms. The second-order valence-electron chi connectivity index (χ2n) is 6.11. The molecule has 1 heterocycles. The largest absolute Gasteiger partial charge is 0.371 e. The van der Waals surface area contributed by atoms with E-state index in [0.717, 1.165) is 5.56 Å². The van der Waals surface area contributed by atoms with E-state index >= 15 is 0 Å². The molecule has 2 aromatic carbocycles. The first-order chi connectivity index (χ1) is 12.4. The number of amides is 1. The number of halogens is 1. The van der Waals surface area contributed by atoms with Crippen LogP contribution in [0.2, 0.25) is 0 Å². The third-order valence-corrected chi connectivity index (χ3v) is 4.35. The van der Waals surface area contributed by atoms with Gasteiger partial charge in [-0.3, -0.25) is 19.8 Å². The SMILES string of the molecule is NC(=O)c1ccc(CN2CCOC(c3ccc(F)cc3)C2)c([N+](=O)[O-])c1. The molecular weight excluding hydrogens is 341 g/mol. The number of carbonyl (C=O) groups excluding carboxylic acids is 1. The number of hydrogen-bond donors (Lipinski definition) is 1. The molecule has 0 radical (unpaired) electrons.